The van der Waals surface area contributed by atoms with Crippen LogP contribution in [-0.2, 0) is 97.6 Å². The molecule has 0 aliphatic rings. The number of nitrogens with two attached hydrogens (primary N) is 3. The number of carbonyl (C=O) groups excluding carboxylic acids is 12. The predicted octanol–water partition coefficient (Wildman–Crippen LogP) is -2.35. The van der Waals surface area contributed by atoms with Gasteiger partial charge < -0.3 is 101 Å². The first kappa shape index (κ1) is 87.2. The number of rotatable bonds is 48. The lowest BCUT2D eigenvalue weighted by Gasteiger charge is -2.30. The molecule has 0 radical (unpaired) electrons. The van der Waals surface area contributed by atoms with E-state index in [2.05, 4.69) is 78.4 Å². The summed E-state index contributed by atoms with van der Waals surface area (Å²) in [7, 11) is 0. The number of benzene rings is 2. The van der Waals surface area contributed by atoms with Crippen LogP contribution in [0.3, 0.4) is 0 Å². The maximum absolute atomic E-state index is 14.7. The number of H-pyrrole nitrogens is 2. The van der Waals surface area contributed by atoms with Crippen molar-refractivity contribution in [3.8, 4) is 0 Å². The molecule has 0 unspecified atom stereocenters. The van der Waals surface area contributed by atoms with Gasteiger partial charge in [0.2, 0.25) is 70.9 Å². The van der Waals surface area contributed by atoms with Crippen molar-refractivity contribution in [3.63, 3.8) is 0 Å². The fourth-order valence-corrected chi connectivity index (χ4v) is 10.9. The van der Waals surface area contributed by atoms with Crippen molar-refractivity contribution in [2.24, 2.45) is 35.0 Å². The van der Waals surface area contributed by atoms with Crippen LogP contribution in [0.4, 0.5) is 0 Å². The number of carbonyl (C=O) groups is 15. The molecule has 0 aliphatic carbocycles. The molecule has 36 nitrogen and oxygen atoms in total. The maximum atomic E-state index is 14.7. The molecule has 0 saturated carbocycles. The fourth-order valence-electron chi connectivity index (χ4n) is 10.9. The van der Waals surface area contributed by atoms with Gasteiger partial charge in [0.05, 0.1) is 18.7 Å². The van der Waals surface area contributed by atoms with Crippen molar-refractivity contribution >= 4 is 88.8 Å². The Bertz CT molecular complexity index is 3580. The predicted molar refractivity (Wildman–Crippen MR) is 382 cm³/mol. The molecule has 4 rings (SSSR count). The summed E-state index contributed by atoms with van der Waals surface area (Å²) in [6.07, 6.45) is 2.35. The van der Waals surface area contributed by atoms with E-state index in [1.807, 2.05) is 0 Å². The van der Waals surface area contributed by atoms with Gasteiger partial charge in [0.15, 0.2) is 0 Å². The second-order valence-corrected chi connectivity index (χ2v) is 26.9. The maximum Gasteiger partial charge on any atom is 0.326 e. The Kier molecular flexibility index (Phi) is 36.6. The lowest BCUT2D eigenvalue weighted by Crippen LogP contribution is -2.62. The summed E-state index contributed by atoms with van der Waals surface area (Å²) in [6, 6.07) is -0.538. The monoisotopic (exact) mass is 1480 g/mol. The van der Waals surface area contributed by atoms with Gasteiger partial charge >= 0.3 is 17.9 Å². The van der Waals surface area contributed by atoms with E-state index >= 15 is 0 Å². The van der Waals surface area contributed by atoms with Gasteiger partial charge in [-0.25, -0.2) is 14.8 Å². The van der Waals surface area contributed by atoms with E-state index in [0.29, 0.717) is 28.9 Å². The summed E-state index contributed by atoms with van der Waals surface area (Å²) in [5.74, 6) is -16.5. The number of aliphatic carboxylic acids is 3. The van der Waals surface area contributed by atoms with Crippen LogP contribution in [0.15, 0.2) is 85.7 Å². The van der Waals surface area contributed by atoms with Crippen molar-refractivity contribution in [2.45, 2.75) is 211 Å². The van der Waals surface area contributed by atoms with Crippen LogP contribution in [0.1, 0.15) is 135 Å². The molecule has 12 atom stereocenters. The third-order valence-corrected chi connectivity index (χ3v) is 16.8. The molecule has 580 valence electrons. The average Bonchev–Trinajstić information content (AvgIpc) is 1.37. The molecule has 0 fully saturated rings. The third kappa shape index (κ3) is 31.0. The van der Waals surface area contributed by atoms with Gasteiger partial charge in [0.1, 0.15) is 66.5 Å². The van der Waals surface area contributed by atoms with Crippen molar-refractivity contribution in [2.75, 3.05) is 6.54 Å². The third-order valence-electron chi connectivity index (χ3n) is 16.8. The number of aromatic nitrogens is 4. The van der Waals surface area contributed by atoms with E-state index in [9.17, 15) is 77.0 Å². The number of carboxylic acids is 3. The molecule has 22 N–H and O–H groups in total. The Balaban J connectivity index is 1.62. The number of hydrogen-bond acceptors (Lipinski definition) is 19. The number of hydrogen-bond donors (Lipinski definition) is 19. The first-order valence-electron chi connectivity index (χ1n) is 34.9. The van der Waals surface area contributed by atoms with Gasteiger partial charge in [-0.2, -0.15) is 0 Å². The van der Waals surface area contributed by atoms with E-state index in [0.717, 1.165) is 0 Å². The SMILES string of the molecule is CC(C)C[C@H](NC(=O)[C@H](CCCCN)NC(=O)[C@H](CCC(N)=O)NC(=O)[C@H](Cc1cnc[nH]1)NC(=O)[C@H](Cc1cnc[nH]1)NC(=O)[C@@H](NC(=O)[C@@H](N)CCC(=O)O)C(C)C)C(=O)N[C@H](C(=O)N[C@@H](Cc1ccccc1)C(=O)N[C@@H](Cc1ccccc1)C(=O)N[C@@H](C)C(=O)N[C@@H](CCC(=O)O)C(=O)O)C(C)C. The highest BCUT2D eigenvalue weighted by Crippen LogP contribution is 2.15. The topological polar surface area (TPSA) is 584 Å². The highest BCUT2D eigenvalue weighted by Gasteiger charge is 2.38. The molecule has 0 bridgehead atoms. The highest BCUT2D eigenvalue weighted by molar-refractivity contribution is 6.00. The molecule has 0 aliphatic heterocycles. The Morgan fingerprint density at radius 1 is 0.406 bits per heavy atom. The first-order chi connectivity index (χ1) is 50.1. The van der Waals surface area contributed by atoms with Gasteiger partial charge in [0.25, 0.3) is 0 Å². The number of amides is 12. The molecule has 0 saturated heterocycles. The highest BCUT2D eigenvalue weighted by atomic mass is 16.4. The normalized spacial score (nSPS) is 14.6. The molecule has 2 aromatic carbocycles. The number of primary amides is 1. The second kappa shape index (κ2) is 44.5. The van der Waals surface area contributed by atoms with Crippen molar-refractivity contribution in [1.82, 2.24) is 78.4 Å². The minimum atomic E-state index is -1.65. The summed E-state index contributed by atoms with van der Waals surface area (Å²) in [4.78, 5) is 217. The Morgan fingerprint density at radius 3 is 1.18 bits per heavy atom. The number of aromatic amines is 2. The number of carboxylic acid groups (broad SMARTS) is 3. The Morgan fingerprint density at radius 2 is 0.774 bits per heavy atom. The minimum Gasteiger partial charge on any atom is -0.481 e. The fraction of sp³-hybridized carbons (Fsp3) is 0.529. The van der Waals surface area contributed by atoms with Crippen LogP contribution in [0.25, 0.3) is 0 Å². The smallest absolute Gasteiger partial charge is 0.326 e. The Labute approximate surface area is 612 Å². The van der Waals surface area contributed by atoms with Crippen molar-refractivity contribution < 1.29 is 87.2 Å². The number of imidazole rings is 2. The summed E-state index contributed by atoms with van der Waals surface area (Å²) in [5.41, 5.74) is 19.1. The molecule has 0 spiro atoms. The standard InChI is InChI=1S/C70H102N18O18/c1-37(2)28-49(67(102)88-58(39(5)6)69(104)85-51(30-42-18-12-9-13-19-42)64(99)83-50(29-41-16-10-8-11-17-41)63(98)78-40(7)59(94)81-48(70(105)106)23-26-56(92)93)82-61(96)46(20-14-15-27-71)79-62(97)47(22-24-54(73)89)80-65(100)52(31-43-33-74-35-76-43)84-66(101)53(32-44-34-75-36-77-44)86-68(103)57(38(3)4)87-60(95)45(72)21-25-55(90)91/h8-13,16-19,33-40,45-53,57-58H,14-15,20-32,71-72H2,1-7H3,(H2,73,89)(H,74,76)(H,75,77)(H,78,98)(H,79,97)(H,80,100)(H,81,94)(H,82,96)(H,83,99)(H,84,101)(H,85,104)(H,86,103)(H,87,95)(H,88,102)(H,90,91)(H,92,93)(H,105,106)/t40-,45-,46-,47-,48-,49-,50-,51-,52-,53-,57-,58-/m0/s1. The van der Waals surface area contributed by atoms with Gasteiger partial charge in [-0.15, -0.1) is 0 Å². The van der Waals surface area contributed by atoms with Gasteiger partial charge in [-0.05, 0) is 87.3 Å². The molecule has 2 aromatic heterocycles. The van der Waals surface area contributed by atoms with Crippen LogP contribution >= 0.6 is 0 Å². The van der Waals surface area contributed by atoms with Gasteiger partial charge in [0, 0.05) is 68.7 Å². The molecule has 106 heavy (non-hydrogen) atoms. The van der Waals surface area contributed by atoms with E-state index in [4.69, 9.17) is 27.4 Å². The summed E-state index contributed by atoms with van der Waals surface area (Å²) >= 11 is 0. The largest absolute Gasteiger partial charge is 0.481 e. The lowest BCUT2D eigenvalue weighted by molar-refractivity contribution is -0.143. The molecule has 2 heterocycles. The van der Waals surface area contributed by atoms with Crippen LogP contribution in [0.5, 0.6) is 0 Å². The van der Waals surface area contributed by atoms with Crippen LogP contribution in [-0.4, -0.2) is 203 Å². The zero-order chi connectivity index (χ0) is 78.7. The zero-order valence-corrected chi connectivity index (χ0v) is 60.4. The van der Waals surface area contributed by atoms with Gasteiger partial charge in [-0.3, -0.25) is 67.1 Å². The minimum absolute atomic E-state index is 0.0323. The van der Waals surface area contributed by atoms with E-state index < -0.39 is 205 Å². The van der Waals surface area contributed by atoms with E-state index in [1.54, 1.807) is 102 Å². The average molecular weight is 1480 g/mol. The first-order valence-corrected chi connectivity index (χ1v) is 34.9. The molecular weight excluding hydrogens is 1380 g/mol. The molecule has 12 amide bonds. The lowest BCUT2D eigenvalue weighted by atomic mass is 9.98. The van der Waals surface area contributed by atoms with E-state index in [-0.39, 0.29) is 63.8 Å². The Hall–Kier alpha value is -11.2. The zero-order valence-electron chi connectivity index (χ0n) is 60.4. The molecule has 36 heteroatoms. The van der Waals surface area contributed by atoms with Gasteiger partial charge in [-0.1, -0.05) is 102 Å². The quantitative estimate of drug-likeness (QED) is 0.0206. The van der Waals surface area contributed by atoms with Crippen molar-refractivity contribution in [3.05, 3.63) is 108 Å². The van der Waals surface area contributed by atoms with Crippen LogP contribution < -0.4 is 75.7 Å². The number of nitrogens with one attached hydrogen (secondary N) is 13. The number of unbranched alkanes of at least 4 members (excludes halogenated alkanes) is 1. The number of nitrogens with zero attached hydrogens (tertiary/aromatic N) is 2. The summed E-state index contributed by atoms with van der Waals surface area (Å²) in [6.45, 7) is 11.4. The van der Waals surface area contributed by atoms with Crippen molar-refractivity contribution in [1.29, 1.82) is 0 Å². The summed E-state index contributed by atoms with van der Waals surface area (Å²) in [5, 5.41) is 56.5. The molecule has 4 aromatic rings. The second-order valence-electron chi connectivity index (χ2n) is 26.9. The molecular formula is C70H102N18O18. The van der Waals surface area contributed by atoms with Crippen LogP contribution in [0.2, 0.25) is 0 Å². The summed E-state index contributed by atoms with van der Waals surface area (Å²) < 4.78 is 0. The van der Waals surface area contributed by atoms with E-state index in [1.165, 1.54) is 32.0 Å². The van der Waals surface area contributed by atoms with Crippen LogP contribution in [0, 0.1) is 17.8 Å².